The fourth-order valence-electron chi connectivity index (χ4n) is 2.22. The van der Waals surface area contributed by atoms with Gasteiger partial charge in [0.25, 0.3) is 0 Å². The van der Waals surface area contributed by atoms with Crippen LogP contribution in [-0.2, 0) is 11.2 Å². The molecule has 21 heavy (non-hydrogen) atoms. The molecule has 1 aromatic carbocycles. The van der Waals surface area contributed by atoms with Crippen molar-refractivity contribution < 1.29 is 4.79 Å². The van der Waals surface area contributed by atoms with E-state index in [1.165, 1.54) is 11.3 Å². The minimum atomic E-state index is 0.0977. The molecule has 1 aliphatic rings. The van der Waals surface area contributed by atoms with Gasteiger partial charge in [0.15, 0.2) is 5.13 Å². The Hall–Kier alpha value is -2.19. The molecule has 106 valence electrons. The van der Waals surface area contributed by atoms with Gasteiger partial charge in [0, 0.05) is 23.4 Å². The number of amides is 1. The maximum absolute atomic E-state index is 11.9. The van der Waals surface area contributed by atoms with Crippen LogP contribution < -0.4 is 5.32 Å². The second-order valence-electron chi connectivity index (χ2n) is 5.23. The molecular formula is C16H15N3OS. The predicted octanol–water partition coefficient (Wildman–Crippen LogP) is 3.34. The van der Waals surface area contributed by atoms with Crippen LogP contribution in [-0.4, -0.2) is 10.9 Å². The van der Waals surface area contributed by atoms with Crippen LogP contribution >= 0.6 is 11.3 Å². The number of aromatic nitrogens is 1. The first kappa shape index (κ1) is 13.8. The van der Waals surface area contributed by atoms with Crippen LogP contribution in [0.3, 0.4) is 0 Å². The SMILES string of the molecule is N#Cc1ccc(Cc2cnc(NC(=O)C3CCC3)s2)cc1. The number of nitrogens with zero attached hydrogens (tertiary/aromatic N) is 2. The normalized spacial score (nSPS) is 14.2. The number of hydrogen-bond acceptors (Lipinski definition) is 4. The van der Waals surface area contributed by atoms with Gasteiger partial charge in [0.2, 0.25) is 5.91 Å². The maximum atomic E-state index is 11.9. The van der Waals surface area contributed by atoms with Gasteiger partial charge in [-0.25, -0.2) is 4.98 Å². The number of carbonyl (C=O) groups is 1. The van der Waals surface area contributed by atoms with Crippen LogP contribution in [0.1, 0.15) is 35.3 Å². The Balaban J connectivity index is 1.61. The molecular weight excluding hydrogens is 282 g/mol. The van der Waals surface area contributed by atoms with E-state index in [2.05, 4.69) is 16.4 Å². The van der Waals surface area contributed by atoms with Crippen LogP contribution in [0.5, 0.6) is 0 Å². The Morgan fingerprint density at radius 1 is 1.38 bits per heavy atom. The van der Waals surface area contributed by atoms with Crippen LogP contribution in [0, 0.1) is 17.2 Å². The van der Waals surface area contributed by atoms with Crippen molar-refractivity contribution in [3.8, 4) is 6.07 Å². The second kappa shape index (κ2) is 6.06. The minimum Gasteiger partial charge on any atom is -0.302 e. The highest BCUT2D eigenvalue weighted by atomic mass is 32.1. The van der Waals surface area contributed by atoms with Crippen LogP contribution in [0.25, 0.3) is 0 Å². The van der Waals surface area contributed by atoms with E-state index < -0.39 is 0 Å². The third-order valence-electron chi connectivity index (χ3n) is 3.72. The smallest absolute Gasteiger partial charge is 0.229 e. The predicted molar refractivity (Wildman–Crippen MR) is 82.0 cm³/mol. The Labute approximate surface area is 127 Å². The molecule has 1 fully saturated rings. The van der Waals surface area contributed by atoms with Crippen molar-refractivity contribution in [2.24, 2.45) is 5.92 Å². The lowest BCUT2D eigenvalue weighted by Gasteiger charge is -2.23. The zero-order valence-corrected chi connectivity index (χ0v) is 12.3. The van der Waals surface area contributed by atoms with E-state index in [0.29, 0.717) is 10.7 Å². The van der Waals surface area contributed by atoms with Crippen molar-refractivity contribution in [3.05, 3.63) is 46.5 Å². The molecule has 2 aromatic rings. The van der Waals surface area contributed by atoms with E-state index in [0.717, 1.165) is 36.1 Å². The summed E-state index contributed by atoms with van der Waals surface area (Å²) in [5, 5.41) is 12.3. The summed E-state index contributed by atoms with van der Waals surface area (Å²) >= 11 is 1.51. The van der Waals surface area contributed by atoms with Gasteiger partial charge >= 0.3 is 0 Å². The van der Waals surface area contributed by atoms with Crippen molar-refractivity contribution in [2.45, 2.75) is 25.7 Å². The first-order valence-electron chi connectivity index (χ1n) is 6.99. The lowest BCUT2D eigenvalue weighted by molar-refractivity contribution is -0.122. The minimum absolute atomic E-state index is 0.0977. The molecule has 0 radical (unpaired) electrons. The molecule has 1 N–H and O–H groups in total. The summed E-state index contributed by atoms with van der Waals surface area (Å²) in [6, 6.07) is 9.64. The van der Waals surface area contributed by atoms with Gasteiger partial charge in [0.1, 0.15) is 0 Å². The Kier molecular flexibility index (Phi) is 3.98. The summed E-state index contributed by atoms with van der Waals surface area (Å²) < 4.78 is 0. The zero-order chi connectivity index (χ0) is 14.7. The van der Waals surface area contributed by atoms with E-state index in [1.807, 2.05) is 24.3 Å². The van der Waals surface area contributed by atoms with Crippen molar-refractivity contribution in [1.29, 1.82) is 5.26 Å². The molecule has 0 spiro atoms. The number of hydrogen-bond donors (Lipinski definition) is 1. The van der Waals surface area contributed by atoms with Crippen molar-refractivity contribution >= 4 is 22.4 Å². The molecule has 0 atom stereocenters. The molecule has 1 aliphatic carbocycles. The summed E-state index contributed by atoms with van der Waals surface area (Å²) in [4.78, 5) is 17.2. The van der Waals surface area contributed by atoms with Gasteiger partial charge in [0.05, 0.1) is 11.6 Å². The molecule has 1 aromatic heterocycles. The molecule has 1 amide bonds. The van der Waals surface area contributed by atoms with Crippen LogP contribution in [0.15, 0.2) is 30.5 Å². The number of thiazole rings is 1. The monoisotopic (exact) mass is 297 g/mol. The number of anilines is 1. The Morgan fingerprint density at radius 3 is 2.76 bits per heavy atom. The number of nitrogens with one attached hydrogen (secondary N) is 1. The van der Waals surface area contributed by atoms with Crippen LogP contribution in [0.2, 0.25) is 0 Å². The molecule has 0 saturated heterocycles. The summed E-state index contributed by atoms with van der Waals surface area (Å²) in [5.41, 5.74) is 1.80. The first-order chi connectivity index (χ1) is 10.2. The lowest BCUT2D eigenvalue weighted by atomic mass is 9.85. The highest BCUT2D eigenvalue weighted by molar-refractivity contribution is 7.15. The summed E-state index contributed by atoms with van der Waals surface area (Å²) in [5.74, 6) is 0.274. The average Bonchev–Trinajstić information content (AvgIpc) is 2.84. The summed E-state index contributed by atoms with van der Waals surface area (Å²) in [7, 11) is 0. The number of rotatable bonds is 4. The standard InChI is InChI=1S/C16H15N3OS/c17-9-12-6-4-11(5-7-12)8-14-10-18-16(21-14)19-15(20)13-2-1-3-13/h4-7,10,13H,1-3,8H2,(H,18,19,20). The van der Waals surface area contributed by atoms with E-state index in [-0.39, 0.29) is 11.8 Å². The lowest BCUT2D eigenvalue weighted by Crippen LogP contribution is -2.27. The highest BCUT2D eigenvalue weighted by Crippen LogP contribution is 2.28. The molecule has 0 aliphatic heterocycles. The number of nitriles is 1. The summed E-state index contributed by atoms with van der Waals surface area (Å²) in [6.07, 6.45) is 5.71. The summed E-state index contributed by atoms with van der Waals surface area (Å²) in [6.45, 7) is 0. The van der Waals surface area contributed by atoms with Gasteiger partial charge in [-0.1, -0.05) is 18.6 Å². The van der Waals surface area contributed by atoms with Crippen molar-refractivity contribution in [2.75, 3.05) is 5.32 Å². The molecule has 3 rings (SSSR count). The molecule has 4 nitrogen and oxygen atoms in total. The van der Waals surface area contributed by atoms with Crippen LogP contribution in [0.4, 0.5) is 5.13 Å². The van der Waals surface area contributed by atoms with Crippen molar-refractivity contribution in [1.82, 2.24) is 4.98 Å². The topological polar surface area (TPSA) is 65.8 Å². The third-order valence-corrected chi connectivity index (χ3v) is 4.63. The van der Waals surface area contributed by atoms with E-state index in [9.17, 15) is 4.79 Å². The fourth-order valence-corrected chi connectivity index (χ4v) is 3.07. The van der Waals surface area contributed by atoms with Gasteiger partial charge in [-0.05, 0) is 30.5 Å². The quantitative estimate of drug-likeness (QED) is 0.941. The van der Waals surface area contributed by atoms with Crippen molar-refractivity contribution in [3.63, 3.8) is 0 Å². The Bertz CT molecular complexity index is 680. The van der Waals surface area contributed by atoms with E-state index >= 15 is 0 Å². The molecule has 5 heteroatoms. The van der Waals surface area contributed by atoms with Gasteiger partial charge < -0.3 is 5.32 Å². The van der Waals surface area contributed by atoms with E-state index in [4.69, 9.17) is 5.26 Å². The van der Waals surface area contributed by atoms with Gasteiger partial charge in [-0.3, -0.25) is 4.79 Å². The maximum Gasteiger partial charge on any atom is 0.229 e. The average molecular weight is 297 g/mol. The van der Waals surface area contributed by atoms with Gasteiger partial charge in [-0.15, -0.1) is 11.3 Å². The number of carbonyl (C=O) groups excluding carboxylic acids is 1. The first-order valence-corrected chi connectivity index (χ1v) is 7.81. The molecule has 1 heterocycles. The van der Waals surface area contributed by atoms with E-state index in [1.54, 1.807) is 6.20 Å². The molecule has 0 bridgehead atoms. The highest BCUT2D eigenvalue weighted by Gasteiger charge is 2.25. The molecule has 0 unspecified atom stereocenters. The zero-order valence-electron chi connectivity index (χ0n) is 11.5. The molecule has 1 saturated carbocycles. The third kappa shape index (κ3) is 3.29. The Morgan fingerprint density at radius 2 is 2.14 bits per heavy atom. The second-order valence-corrected chi connectivity index (χ2v) is 6.35. The number of benzene rings is 1. The van der Waals surface area contributed by atoms with Gasteiger partial charge in [-0.2, -0.15) is 5.26 Å². The fraction of sp³-hybridized carbons (Fsp3) is 0.312. The largest absolute Gasteiger partial charge is 0.302 e.